The van der Waals surface area contributed by atoms with Crippen LogP contribution in [0, 0.1) is 29.9 Å². The van der Waals surface area contributed by atoms with Crippen molar-refractivity contribution in [3.8, 4) is 11.9 Å². The highest BCUT2D eigenvalue weighted by Gasteiger charge is 2.37. The second-order valence-electron chi connectivity index (χ2n) is 7.56. The molecule has 0 spiro atoms. The molecule has 0 saturated heterocycles. The van der Waals surface area contributed by atoms with Gasteiger partial charge in [0.15, 0.2) is 17.3 Å². The Morgan fingerprint density at radius 3 is 2.50 bits per heavy atom. The maximum atomic E-state index is 13.4. The van der Waals surface area contributed by atoms with Gasteiger partial charge >= 0.3 is 6.18 Å². The van der Waals surface area contributed by atoms with Gasteiger partial charge in [-0.3, -0.25) is 9.59 Å². The number of hydrogen-bond acceptors (Lipinski definition) is 5. The number of nitriles is 1. The maximum absolute atomic E-state index is 13.4. The van der Waals surface area contributed by atoms with Gasteiger partial charge in [-0.05, 0) is 44.5 Å². The number of pyridine rings is 1. The molecule has 0 aliphatic heterocycles. The van der Waals surface area contributed by atoms with E-state index in [1.807, 2.05) is 6.07 Å². The highest BCUT2D eigenvalue weighted by molar-refractivity contribution is 6.09. The van der Waals surface area contributed by atoms with Crippen LogP contribution in [0.25, 0.3) is 5.82 Å². The average molecular weight is 492 g/mol. The first-order valence-electron chi connectivity index (χ1n) is 9.89. The van der Waals surface area contributed by atoms with Crippen molar-refractivity contribution in [3.05, 3.63) is 69.6 Å². The Kier molecular flexibility index (Phi) is 6.93. The number of carbonyl (C=O) groups is 2. The van der Waals surface area contributed by atoms with Crippen LogP contribution in [-0.4, -0.2) is 32.6 Å². The summed E-state index contributed by atoms with van der Waals surface area (Å²) >= 11 is 5.14. The lowest BCUT2D eigenvalue weighted by atomic mass is 10.0. The number of anilines is 1. The van der Waals surface area contributed by atoms with Gasteiger partial charge in [-0.2, -0.15) is 23.5 Å². The van der Waals surface area contributed by atoms with E-state index >= 15 is 0 Å². The fourth-order valence-electron chi connectivity index (χ4n) is 3.10. The molecule has 0 atom stereocenters. The minimum atomic E-state index is -4.83. The van der Waals surface area contributed by atoms with Crippen LogP contribution in [0.1, 0.15) is 51.5 Å². The zero-order valence-electron chi connectivity index (χ0n) is 18.2. The summed E-state index contributed by atoms with van der Waals surface area (Å²) in [6, 6.07) is 7.94. The lowest BCUT2D eigenvalue weighted by Gasteiger charge is -2.16. The van der Waals surface area contributed by atoms with E-state index in [0.29, 0.717) is 16.3 Å². The molecule has 8 nitrogen and oxygen atoms in total. The Morgan fingerprint density at radius 1 is 1.21 bits per heavy atom. The van der Waals surface area contributed by atoms with Gasteiger partial charge < -0.3 is 10.6 Å². The monoisotopic (exact) mass is 491 g/mol. The molecular weight excluding hydrogens is 473 g/mol. The first-order chi connectivity index (χ1) is 15.9. The molecule has 0 radical (unpaired) electrons. The number of alkyl halides is 3. The van der Waals surface area contributed by atoms with E-state index in [1.165, 1.54) is 30.5 Å². The topological polar surface area (TPSA) is 113 Å². The summed E-state index contributed by atoms with van der Waals surface area (Å²) in [7, 11) is 0. The van der Waals surface area contributed by atoms with Gasteiger partial charge in [-0.25, -0.2) is 9.67 Å². The van der Waals surface area contributed by atoms with E-state index in [1.54, 1.807) is 20.8 Å². The van der Waals surface area contributed by atoms with Gasteiger partial charge in [0.05, 0.1) is 22.9 Å². The number of carbonyl (C=O) groups excluding carboxylic acids is 2. The zero-order valence-corrected chi connectivity index (χ0v) is 19.0. The van der Waals surface area contributed by atoms with Crippen LogP contribution in [0.3, 0.4) is 0 Å². The second-order valence-corrected chi connectivity index (χ2v) is 8.00. The molecule has 3 aromatic rings. The molecular formula is C22H19ClF3N6O2+. The van der Waals surface area contributed by atoms with Crippen molar-refractivity contribution in [2.75, 3.05) is 5.32 Å². The third-order valence-electron chi connectivity index (χ3n) is 4.55. The summed E-state index contributed by atoms with van der Waals surface area (Å²) < 4.78 is 40.9. The van der Waals surface area contributed by atoms with Gasteiger partial charge in [-0.1, -0.05) is 0 Å². The maximum Gasteiger partial charge on any atom is 0.435 e. The predicted octanol–water partition coefficient (Wildman–Crippen LogP) is 3.55. The van der Waals surface area contributed by atoms with Crippen molar-refractivity contribution in [2.45, 2.75) is 33.0 Å². The average Bonchev–Trinajstić information content (AvgIpc) is 3.20. The normalized spacial score (nSPS) is 11.3. The Morgan fingerprint density at radius 2 is 1.91 bits per heavy atom. The summed E-state index contributed by atoms with van der Waals surface area (Å²) in [5.41, 5.74) is -1.23. The van der Waals surface area contributed by atoms with Crippen LogP contribution < -0.4 is 10.6 Å². The van der Waals surface area contributed by atoms with E-state index in [4.69, 9.17) is 11.6 Å². The van der Waals surface area contributed by atoms with Gasteiger partial charge in [0.1, 0.15) is 5.69 Å². The van der Waals surface area contributed by atoms with Crippen molar-refractivity contribution in [2.24, 2.45) is 0 Å². The summed E-state index contributed by atoms with van der Waals surface area (Å²) in [5.74, 6) is -1.67. The van der Waals surface area contributed by atoms with Crippen LogP contribution in [0.15, 0.2) is 36.5 Å². The second kappa shape index (κ2) is 9.52. The van der Waals surface area contributed by atoms with E-state index in [-0.39, 0.29) is 33.7 Å². The fourth-order valence-corrected chi connectivity index (χ4v) is 3.32. The van der Waals surface area contributed by atoms with Crippen LogP contribution in [0.2, 0.25) is 5.02 Å². The van der Waals surface area contributed by atoms with E-state index in [2.05, 4.69) is 20.7 Å². The van der Waals surface area contributed by atoms with E-state index in [0.717, 1.165) is 0 Å². The molecule has 0 unspecified atom stereocenters. The number of aromatic nitrogens is 3. The minimum Gasteiger partial charge on any atom is -0.350 e. The van der Waals surface area contributed by atoms with Crippen LogP contribution >= 0.6 is 0 Å². The molecule has 2 aromatic heterocycles. The van der Waals surface area contributed by atoms with Gasteiger partial charge in [0, 0.05) is 24.4 Å². The van der Waals surface area contributed by atoms with Crippen LogP contribution in [-0.2, 0) is 6.18 Å². The Labute approximate surface area is 197 Å². The fraction of sp³-hybridized carbons (Fsp3) is 0.227. The molecule has 0 saturated carbocycles. The van der Waals surface area contributed by atoms with Gasteiger partial charge in [0.2, 0.25) is 5.82 Å². The number of nitrogens with zero attached hydrogens (tertiary/aromatic N) is 4. The Balaban J connectivity index is 2.12. The number of benzene rings is 1. The number of amides is 2. The first-order valence-corrected chi connectivity index (χ1v) is 10.3. The summed E-state index contributed by atoms with van der Waals surface area (Å²) in [6.07, 6.45) is -3.52. The van der Waals surface area contributed by atoms with E-state index in [9.17, 15) is 28.0 Å². The van der Waals surface area contributed by atoms with Crippen molar-refractivity contribution in [1.82, 2.24) is 20.1 Å². The summed E-state index contributed by atoms with van der Waals surface area (Å²) in [6.45, 7) is 5.02. The predicted molar refractivity (Wildman–Crippen MR) is 113 cm³/mol. The quantitative estimate of drug-likeness (QED) is 0.566. The van der Waals surface area contributed by atoms with Gasteiger partial charge in [0.25, 0.3) is 16.8 Å². The number of hydrogen-bond donors (Lipinski definition) is 2. The molecule has 3 rings (SSSR count). The van der Waals surface area contributed by atoms with Gasteiger partial charge in [-0.15, -0.1) is 0 Å². The van der Waals surface area contributed by atoms with Crippen molar-refractivity contribution in [1.29, 1.82) is 5.26 Å². The number of rotatable bonds is 5. The molecule has 2 amide bonds. The number of halogens is 4. The SMILES string of the molecule is Cc1cc(C#N)cc(C(=O)NC(C)C)c1NC(=O)c1cc(C(F)(F)F)nn1-c1ncccc1[ClH+]. The highest BCUT2D eigenvalue weighted by Crippen LogP contribution is 2.31. The van der Waals surface area contributed by atoms with Crippen molar-refractivity contribution < 1.29 is 34.4 Å². The standard InChI is InChI=1S/C22H18ClF3N6O2/c1-11(2)29-20(33)14-8-13(10-27)7-12(3)18(14)30-21(34)16-9-17(22(24,25)26)31-32(16)19-15(23)5-4-6-28-19/h4-9,11,23H,1-3H3,(H-,29,30,33,34)/p+1. The molecule has 34 heavy (non-hydrogen) atoms. The van der Waals surface area contributed by atoms with E-state index < -0.39 is 29.4 Å². The lowest BCUT2D eigenvalue weighted by molar-refractivity contribution is -0.289. The van der Waals surface area contributed by atoms with Crippen LogP contribution in [0.4, 0.5) is 18.9 Å². The summed E-state index contributed by atoms with van der Waals surface area (Å²) in [5, 5.41) is 18.0. The molecule has 0 aliphatic rings. The lowest BCUT2D eigenvalue weighted by Crippen LogP contribution is -2.31. The highest BCUT2D eigenvalue weighted by atomic mass is 35.5. The molecule has 2 heterocycles. The molecule has 176 valence electrons. The zero-order chi connectivity index (χ0) is 25.2. The molecule has 12 heteroatoms. The third kappa shape index (κ3) is 5.18. The molecule has 1 aromatic carbocycles. The molecule has 2 N–H and O–H groups in total. The molecule has 0 fully saturated rings. The smallest absolute Gasteiger partial charge is 0.350 e. The minimum absolute atomic E-state index is 0.0116. The summed E-state index contributed by atoms with van der Waals surface area (Å²) in [4.78, 5) is 29.8. The van der Waals surface area contributed by atoms with Crippen molar-refractivity contribution in [3.63, 3.8) is 0 Å². The molecule has 0 aliphatic carbocycles. The third-order valence-corrected chi connectivity index (χ3v) is 4.87. The van der Waals surface area contributed by atoms with Crippen LogP contribution in [0.5, 0.6) is 0 Å². The van der Waals surface area contributed by atoms with Crippen molar-refractivity contribution >= 4 is 17.5 Å². The number of nitrogens with one attached hydrogen (secondary N) is 2. The first kappa shape index (κ1) is 24.7. The Bertz CT molecular complexity index is 1310. The molecule has 0 bridgehead atoms. The number of aryl methyl sites for hydroxylation is 1. The Hall–Kier alpha value is -3.91. The largest absolute Gasteiger partial charge is 0.435 e.